The summed E-state index contributed by atoms with van der Waals surface area (Å²) in [6, 6.07) is 9.79. The number of aryl methyl sites for hydroxylation is 1. The number of carbonyl (C=O) groups excluding carboxylic acids is 1. The lowest BCUT2D eigenvalue weighted by Crippen LogP contribution is -2.21. The molecule has 6 nitrogen and oxygen atoms in total. The van der Waals surface area contributed by atoms with Crippen molar-refractivity contribution in [2.24, 2.45) is 0 Å². The number of nitrogens with two attached hydrogens (primary N) is 1. The monoisotopic (exact) mass is 409 g/mol. The number of amides is 1. The quantitative estimate of drug-likeness (QED) is 0.602. The maximum absolute atomic E-state index is 14.2. The highest BCUT2D eigenvalue weighted by Gasteiger charge is 2.26. The number of benzene rings is 2. The average molecular weight is 409 g/mol. The van der Waals surface area contributed by atoms with Crippen molar-refractivity contribution in [3.05, 3.63) is 76.6 Å². The van der Waals surface area contributed by atoms with E-state index in [0.29, 0.717) is 30.6 Å². The first kappa shape index (κ1) is 19.9. The van der Waals surface area contributed by atoms with Crippen LogP contribution in [-0.4, -0.2) is 22.9 Å². The van der Waals surface area contributed by atoms with Crippen LogP contribution < -0.4 is 16.4 Å². The Morgan fingerprint density at radius 3 is 2.90 bits per heavy atom. The van der Waals surface area contributed by atoms with Crippen molar-refractivity contribution in [1.82, 2.24) is 20.6 Å². The van der Waals surface area contributed by atoms with E-state index < -0.39 is 17.5 Å². The first-order chi connectivity index (χ1) is 14.5. The third kappa shape index (κ3) is 3.86. The molecule has 4 rings (SSSR count). The van der Waals surface area contributed by atoms with Crippen LogP contribution >= 0.6 is 0 Å². The Labute approximate surface area is 172 Å². The number of aromatic nitrogens is 2. The standard InChI is InChI=1S/C22H21F2N5O/c1-26-22(30)20-21(25)28-11-18(29-20)13-4-2-3-12(7-13)10-27-17-6-5-14-8-15(23)9-16(24)19(14)17/h2-4,7-9,11,17,27H,5-6,10H2,1H3,(H2,25,28)(H,26,30)/t17-/m0/s1. The Hall–Kier alpha value is -3.39. The Balaban J connectivity index is 1.53. The topological polar surface area (TPSA) is 92.9 Å². The number of halogens is 2. The van der Waals surface area contributed by atoms with E-state index >= 15 is 0 Å². The second-order valence-electron chi connectivity index (χ2n) is 7.20. The summed E-state index contributed by atoms with van der Waals surface area (Å²) in [7, 11) is 1.50. The van der Waals surface area contributed by atoms with Gasteiger partial charge in [0.05, 0.1) is 11.9 Å². The summed E-state index contributed by atoms with van der Waals surface area (Å²) in [6.07, 6.45) is 2.88. The smallest absolute Gasteiger partial charge is 0.273 e. The van der Waals surface area contributed by atoms with Crippen LogP contribution in [0.2, 0.25) is 0 Å². The summed E-state index contributed by atoms with van der Waals surface area (Å²) in [5.74, 6) is -1.39. The van der Waals surface area contributed by atoms with E-state index in [-0.39, 0.29) is 17.6 Å². The number of nitrogens with one attached hydrogen (secondary N) is 2. The molecule has 1 amide bonds. The van der Waals surface area contributed by atoms with Crippen LogP contribution in [0.25, 0.3) is 11.3 Å². The zero-order chi connectivity index (χ0) is 21.3. The maximum atomic E-state index is 14.2. The molecule has 0 aliphatic heterocycles. The van der Waals surface area contributed by atoms with Gasteiger partial charge in [0.2, 0.25) is 0 Å². The fourth-order valence-corrected chi connectivity index (χ4v) is 3.79. The molecule has 8 heteroatoms. The maximum Gasteiger partial charge on any atom is 0.273 e. The number of nitrogens with zero attached hydrogens (tertiary/aromatic N) is 2. The molecule has 154 valence electrons. The lowest BCUT2D eigenvalue weighted by Gasteiger charge is -2.15. The molecule has 1 aromatic heterocycles. The molecule has 1 atom stereocenters. The molecular weight excluding hydrogens is 388 g/mol. The van der Waals surface area contributed by atoms with E-state index in [1.54, 1.807) is 0 Å². The molecule has 30 heavy (non-hydrogen) atoms. The lowest BCUT2D eigenvalue weighted by atomic mass is 10.1. The lowest BCUT2D eigenvalue weighted by molar-refractivity contribution is 0.0959. The van der Waals surface area contributed by atoms with Gasteiger partial charge in [0.15, 0.2) is 11.5 Å². The van der Waals surface area contributed by atoms with Crippen molar-refractivity contribution < 1.29 is 13.6 Å². The van der Waals surface area contributed by atoms with Crippen molar-refractivity contribution in [1.29, 1.82) is 0 Å². The van der Waals surface area contributed by atoms with Gasteiger partial charge in [-0.15, -0.1) is 0 Å². The molecule has 1 aliphatic rings. The molecule has 0 fully saturated rings. The predicted molar refractivity (Wildman–Crippen MR) is 110 cm³/mol. The highest BCUT2D eigenvalue weighted by Crippen LogP contribution is 2.34. The van der Waals surface area contributed by atoms with Crippen LogP contribution in [0, 0.1) is 11.6 Å². The summed E-state index contributed by atoms with van der Waals surface area (Å²) >= 11 is 0. The van der Waals surface area contributed by atoms with Gasteiger partial charge in [-0.1, -0.05) is 18.2 Å². The van der Waals surface area contributed by atoms with Crippen molar-refractivity contribution in [2.45, 2.75) is 25.4 Å². The second kappa shape index (κ2) is 8.16. The molecule has 1 aliphatic carbocycles. The van der Waals surface area contributed by atoms with Crippen LogP contribution in [0.15, 0.2) is 42.6 Å². The van der Waals surface area contributed by atoms with Crippen molar-refractivity contribution in [3.8, 4) is 11.3 Å². The molecule has 0 unspecified atom stereocenters. The summed E-state index contributed by atoms with van der Waals surface area (Å²) < 4.78 is 27.7. The van der Waals surface area contributed by atoms with Gasteiger partial charge in [0, 0.05) is 36.8 Å². The summed E-state index contributed by atoms with van der Waals surface area (Å²) in [6.45, 7) is 0.499. The summed E-state index contributed by atoms with van der Waals surface area (Å²) in [4.78, 5) is 20.3. The molecule has 1 heterocycles. The molecule has 0 spiro atoms. The summed E-state index contributed by atoms with van der Waals surface area (Å²) in [5, 5.41) is 5.85. The van der Waals surface area contributed by atoms with Gasteiger partial charge in [0.1, 0.15) is 11.6 Å². The number of fused-ring (bicyclic) bond motifs is 1. The number of carbonyl (C=O) groups is 1. The van der Waals surface area contributed by atoms with Gasteiger partial charge in [-0.3, -0.25) is 4.79 Å². The number of rotatable bonds is 5. The van der Waals surface area contributed by atoms with Crippen LogP contribution in [0.4, 0.5) is 14.6 Å². The molecule has 0 saturated heterocycles. The largest absolute Gasteiger partial charge is 0.382 e. The van der Waals surface area contributed by atoms with E-state index in [4.69, 9.17) is 5.73 Å². The Morgan fingerprint density at radius 1 is 1.27 bits per heavy atom. The van der Waals surface area contributed by atoms with Crippen LogP contribution in [0.5, 0.6) is 0 Å². The zero-order valence-corrected chi connectivity index (χ0v) is 16.4. The zero-order valence-electron chi connectivity index (χ0n) is 16.4. The van der Waals surface area contributed by atoms with Gasteiger partial charge in [-0.2, -0.15) is 0 Å². The molecule has 3 aromatic rings. The normalized spacial score (nSPS) is 15.1. The first-order valence-electron chi connectivity index (χ1n) is 9.61. The first-order valence-corrected chi connectivity index (χ1v) is 9.61. The Morgan fingerprint density at radius 2 is 2.10 bits per heavy atom. The van der Waals surface area contributed by atoms with Crippen molar-refractivity contribution in [2.75, 3.05) is 12.8 Å². The SMILES string of the molecule is CNC(=O)c1nc(-c2cccc(CN[C@H]3CCc4cc(F)cc(F)c43)c2)cnc1N. The van der Waals surface area contributed by atoms with Gasteiger partial charge in [-0.25, -0.2) is 18.7 Å². The molecule has 0 saturated carbocycles. The summed E-state index contributed by atoms with van der Waals surface area (Å²) in [5.41, 5.74) is 9.37. The van der Waals surface area contributed by atoms with Crippen molar-refractivity contribution in [3.63, 3.8) is 0 Å². The van der Waals surface area contributed by atoms with E-state index in [9.17, 15) is 13.6 Å². The van der Waals surface area contributed by atoms with Gasteiger partial charge >= 0.3 is 0 Å². The molecule has 2 aromatic carbocycles. The van der Waals surface area contributed by atoms with Gasteiger partial charge in [0.25, 0.3) is 5.91 Å². The Bertz CT molecular complexity index is 1120. The van der Waals surface area contributed by atoms with Crippen molar-refractivity contribution >= 4 is 11.7 Å². The van der Waals surface area contributed by atoms with E-state index in [0.717, 1.165) is 22.8 Å². The fourth-order valence-electron chi connectivity index (χ4n) is 3.79. The number of hydrogen-bond donors (Lipinski definition) is 3. The molecular formula is C22H21F2N5O. The number of nitrogen functional groups attached to an aromatic ring is 1. The highest BCUT2D eigenvalue weighted by atomic mass is 19.1. The van der Waals surface area contributed by atoms with Crippen LogP contribution in [0.1, 0.15) is 39.6 Å². The van der Waals surface area contributed by atoms with E-state index in [1.165, 1.54) is 19.3 Å². The predicted octanol–water partition coefficient (Wildman–Crippen LogP) is 3.14. The minimum absolute atomic E-state index is 0.0642. The molecule has 4 N–H and O–H groups in total. The van der Waals surface area contributed by atoms with Crippen LogP contribution in [-0.2, 0) is 13.0 Å². The number of hydrogen-bond acceptors (Lipinski definition) is 5. The van der Waals surface area contributed by atoms with E-state index in [1.807, 2.05) is 24.3 Å². The van der Waals surface area contributed by atoms with Gasteiger partial charge in [-0.05, 0) is 36.1 Å². The molecule has 0 bridgehead atoms. The van der Waals surface area contributed by atoms with E-state index in [2.05, 4.69) is 20.6 Å². The minimum Gasteiger partial charge on any atom is -0.382 e. The third-order valence-corrected chi connectivity index (χ3v) is 5.25. The molecule has 0 radical (unpaired) electrons. The third-order valence-electron chi connectivity index (χ3n) is 5.25. The average Bonchev–Trinajstić information content (AvgIpc) is 3.15. The second-order valence-corrected chi connectivity index (χ2v) is 7.20. The minimum atomic E-state index is -0.541. The fraction of sp³-hybridized carbons (Fsp3) is 0.227. The van der Waals surface area contributed by atoms with Crippen LogP contribution in [0.3, 0.4) is 0 Å². The van der Waals surface area contributed by atoms with Gasteiger partial charge < -0.3 is 16.4 Å². The number of anilines is 1. The Kier molecular flexibility index (Phi) is 5.41. The highest BCUT2D eigenvalue weighted by molar-refractivity contribution is 5.96.